The first-order chi connectivity index (χ1) is 7.31. The Balaban J connectivity index is 2.38. The third-order valence-electron chi connectivity index (χ3n) is 2.68. The molecule has 0 aromatic heterocycles. The molecule has 0 saturated heterocycles. The summed E-state index contributed by atoms with van der Waals surface area (Å²) >= 11 is 0. The average Bonchev–Trinajstić information content (AvgIpc) is 2.29. The van der Waals surface area contributed by atoms with Gasteiger partial charge in [0.15, 0.2) is 0 Å². The highest BCUT2D eigenvalue weighted by Crippen LogP contribution is 2.20. The second kappa shape index (κ2) is 4.43. The second-order valence-corrected chi connectivity index (χ2v) is 3.79. The highest BCUT2D eigenvalue weighted by molar-refractivity contribution is 5.83. The van der Waals surface area contributed by atoms with Gasteiger partial charge < -0.3 is 11.5 Å². The van der Waals surface area contributed by atoms with Crippen molar-refractivity contribution in [1.82, 2.24) is 0 Å². The molecule has 0 aliphatic carbocycles. The van der Waals surface area contributed by atoms with Gasteiger partial charge in [-0.25, -0.2) is 0 Å². The molecule has 0 aliphatic heterocycles. The van der Waals surface area contributed by atoms with Crippen molar-refractivity contribution in [3.05, 3.63) is 48.0 Å². The summed E-state index contributed by atoms with van der Waals surface area (Å²) < 4.78 is 0. The molecule has 2 heteroatoms. The van der Waals surface area contributed by atoms with Crippen molar-refractivity contribution in [1.29, 1.82) is 0 Å². The van der Waals surface area contributed by atoms with Crippen LogP contribution >= 0.6 is 0 Å². The van der Waals surface area contributed by atoms with E-state index in [1.165, 1.54) is 16.3 Å². The number of hydrogen-bond acceptors (Lipinski definition) is 2. The molecule has 0 unspecified atom stereocenters. The summed E-state index contributed by atoms with van der Waals surface area (Å²) in [6, 6.07) is 14.7. The van der Waals surface area contributed by atoms with Crippen molar-refractivity contribution in [3.8, 4) is 0 Å². The van der Waals surface area contributed by atoms with E-state index in [2.05, 4.69) is 30.3 Å². The Morgan fingerprint density at radius 1 is 1.00 bits per heavy atom. The minimum absolute atomic E-state index is 0.0552. The Morgan fingerprint density at radius 3 is 2.47 bits per heavy atom. The zero-order valence-electron chi connectivity index (χ0n) is 8.69. The average molecular weight is 200 g/mol. The molecule has 78 valence electrons. The van der Waals surface area contributed by atoms with Gasteiger partial charge in [0.2, 0.25) is 0 Å². The molecule has 1 atom stereocenters. The van der Waals surface area contributed by atoms with Gasteiger partial charge in [-0.3, -0.25) is 0 Å². The predicted octanol–water partition coefficient (Wildman–Crippen LogP) is 2.19. The van der Waals surface area contributed by atoms with Crippen LogP contribution in [0.2, 0.25) is 0 Å². The summed E-state index contributed by atoms with van der Waals surface area (Å²) in [5, 5.41) is 2.49. The van der Waals surface area contributed by atoms with E-state index in [-0.39, 0.29) is 6.04 Å². The molecule has 15 heavy (non-hydrogen) atoms. The van der Waals surface area contributed by atoms with Crippen LogP contribution in [0.25, 0.3) is 10.8 Å². The van der Waals surface area contributed by atoms with Gasteiger partial charge in [-0.1, -0.05) is 36.4 Å². The topological polar surface area (TPSA) is 52.0 Å². The minimum atomic E-state index is 0.0552. The van der Waals surface area contributed by atoms with Crippen molar-refractivity contribution in [2.24, 2.45) is 11.5 Å². The van der Waals surface area contributed by atoms with E-state index in [1.807, 2.05) is 12.1 Å². The van der Waals surface area contributed by atoms with E-state index >= 15 is 0 Å². The molecule has 0 saturated carbocycles. The Hall–Kier alpha value is -1.38. The molecule has 2 nitrogen and oxygen atoms in total. The molecule has 0 heterocycles. The minimum Gasteiger partial charge on any atom is -0.330 e. The van der Waals surface area contributed by atoms with Crippen LogP contribution in [0.15, 0.2) is 42.5 Å². The van der Waals surface area contributed by atoms with Gasteiger partial charge in [0.1, 0.15) is 0 Å². The summed E-state index contributed by atoms with van der Waals surface area (Å²) in [6.45, 7) is 0.633. The Bertz CT molecular complexity index is 451. The monoisotopic (exact) mass is 200 g/mol. The van der Waals surface area contributed by atoms with E-state index < -0.39 is 0 Å². The number of nitrogens with two attached hydrogens (primary N) is 2. The van der Waals surface area contributed by atoms with Crippen LogP contribution in [-0.2, 0) is 0 Å². The lowest BCUT2D eigenvalue weighted by Gasteiger charge is -2.11. The van der Waals surface area contributed by atoms with Crippen LogP contribution in [0.3, 0.4) is 0 Å². The van der Waals surface area contributed by atoms with Crippen LogP contribution in [-0.4, -0.2) is 6.54 Å². The summed E-state index contributed by atoms with van der Waals surface area (Å²) in [4.78, 5) is 0. The Labute approximate surface area is 89.9 Å². The normalized spacial score (nSPS) is 12.9. The Kier molecular flexibility index (Phi) is 2.99. The fourth-order valence-electron chi connectivity index (χ4n) is 1.78. The first-order valence-corrected chi connectivity index (χ1v) is 5.25. The van der Waals surface area contributed by atoms with Crippen LogP contribution in [0.1, 0.15) is 18.0 Å². The maximum absolute atomic E-state index is 6.02. The van der Waals surface area contributed by atoms with Gasteiger partial charge in [0.25, 0.3) is 0 Å². The van der Waals surface area contributed by atoms with E-state index in [0.29, 0.717) is 6.54 Å². The summed E-state index contributed by atoms with van der Waals surface area (Å²) in [5.41, 5.74) is 12.7. The lowest BCUT2D eigenvalue weighted by atomic mass is 10.0. The van der Waals surface area contributed by atoms with Gasteiger partial charge >= 0.3 is 0 Å². The maximum Gasteiger partial charge on any atom is 0.0307 e. The van der Waals surface area contributed by atoms with Gasteiger partial charge in [-0.2, -0.15) is 0 Å². The highest BCUT2D eigenvalue weighted by atomic mass is 14.7. The molecule has 0 fully saturated rings. The SMILES string of the molecule is NCC[C@@H](N)c1ccc2ccccc2c1. The van der Waals surface area contributed by atoms with Crippen LogP contribution in [0.5, 0.6) is 0 Å². The number of hydrogen-bond donors (Lipinski definition) is 2. The third-order valence-corrected chi connectivity index (χ3v) is 2.68. The standard InChI is InChI=1S/C13H16N2/c14-8-7-13(15)12-6-5-10-3-1-2-4-11(10)9-12/h1-6,9,13H,7-8,14-15H2/t13-/m1/s1. The zero-order chi connectivity index (χ0) is 10.7. The smallest absolute Gasteiger partial charge is 0.0307 e. The molecule has 0 spiro atoms. The number of rotatable bonds is 3. The second-order valence-electron chi connectivity index (χ2n) is 3.79. The molecule has 0 amide bonds. The fraction of sp³-hybridized carbons (Fsp3) is 0.231. The molecule has 2 aromatic rings. The zero-order valence-corrected chi connectivity index (χ0v) is 8.69. The number of fused-ring (bicyclic) bond motifs is 1. The summed E-state index contributed by atoms with van der Waals surface area (Å²) in [7, 11) is 0. The molecule has 2 rings (SSSR count). The van der Waals surface area contributed by atoms with Crippen molar-refractivity contribution in [2.75, 3.05) is 6.54 Å². The molecule has 2 aromatic carbocycles. The van der Waals surface area contributed by atoms with E-state index in [0.717, 1.165) is 6.42 Å². The Morgan fingerprint density at radius 2 is 1.73 bits per heavy atom. The van der Waals surface area contributed by atoms with Gasteiger partial charge in [0.05, 0.1) is 0 Å². The fourth-order valence-corrected chi connectivity index (χ4v) is 1.78. The van der Waals surface area contributed by atoms with Crippen molar-refractivity contribution in [2.45, 2.75) is 12.5 Å². The lowest BCUT2D eigenvalue weighted by molar-refractivity contribution is 0.662. The van der Waals surface area contributed by atoms with Crippen LogP contribution in [0, 0.1) is 0 Å². The van der Waals surface area contributed by atoms with Gasteiger partial charge in [-0.15, -0.1) is 0 Å². The first kappa shape index (κ1) is 10.1. The van der Waals surface area contributed by atoms with Crippen molar-refractivity contribution >= 4 is 10.8 Å². The molecule has 4 N–H and O–H groups in total. The third kappa shape index (κ3) is 2.17. The predicted molar refractivity (Wildman–Crippen MR) is 64.5 cm³/mol. The van der Waals surface area contributed by atoms with E-state index in [1.54, 1.807) is 0 Å². The maximum atomic E-state index is 6.02. The molecule has 0 aliphatic rings. The largest absolute Gasteiger partial charge is 0.330 e. The van der Waals surface area contributed by atoms with Gasteiger partial charge in [-0.05, 0) is 35.4 Å². The quantitative estimate of drug-likeness (QED) is 0.798. The summed E-state index contributed by atoms with van der Waals surface area (Å²) in [6.07, 6.45) is 0.832. The molecular weight excluding hydrogens is 184 g/mol. The summed E-state index contributed by atoms with van der Waals surface area (Å²) in [5.74, 6) is 0. The van der Waals surface area contributed by atoms with Gasteiger partial charge in [0, 0.05) is 6.04 Å². The first-order valence-electron chi connectivity index (χ1n) is 5.25. The highest BCUT2D eigenvalue weighted by Gasteiger charge is 2.04. The molecule has 0 bridgehead atoms. The van der Waals surface area contributed by atoms with Crippen LogP contribution in [0.4, 0.5) is 0 Å². The van der Waals surface area contributed by atoms with E-state index in [4.69, 9.17) is 11.5 Å². The van der Waals surface area contributed by atoms with Crippen molar-refractivity contribution in [3.63, 3.8) is 0 Å². The van der Waals surface area contributed by atoms with Crippen molar-refractivity contribution < 1.29 is 0 Å². The molecular formula is C13H16N2. The number of benzene rings is 2. The lowest BCUT2D eigenvalue weighted by Crippen LogP contribution is -2.15. The molecule has 0 radical (unpaired) electrons. The van der Waals surface area contributed by atoms with Crippen LogP contribution < -0.4 is 11.5 Å². The van der Waals surface area contributed by atoms with E-state index in [9.17, 15) is 0 Å².